The number of nitrogens with zero attached hydrogens (tertiary/aromatic N) is 1. The molecule has 3 N–H and O–H groups in total. The standard InChI is InChI=1S/C31H24N4O7/c36-28(19-14-22-8-4-5-9-27(22)42-31(39)24-12-17-26(18-13-24)35(40)41)33-34-30(38)23-10-15-25(16-11-23)32-29(37)20-21-6-2-1-3-7-21/h1-19H,20H2,(H,32,37)(H,33,36)(H,34,38)/b19-14+. The second kappa shape index (κ2) is 13.8. The lowest BCUT2D eigenvalue weighted by atomic mass is 10.1. The predicted octanol–water partition coefficient (Wildman–Crippen LogP) is 4.47. The van der Waals surface area contributed by atoms with Gasteiger partial charge in [0.1, 0.15) is 5.75 Å². The molecule has 0 atom stereocenters. The van der Waals surface area contributed by atoms with Crippen molar-refractivity contribution in [1.29, 1.82) is 0 Å². The minimum Gasteiger partial charge on any atom is -0.422 e. The van der Waals surface area contributed by atoms with Crippen molar-refractivity contribution in [3.8, 4) is 5.75 Å². The molecule has 11 nitrogen and oxygen atoms in total. The lowest BCUT2D eigenvalue weighted by Crippen LogP contribution is -2.40. The molecule has 11 heteroatoms. The molecule has 3 amide bonds. The zero-order valence-corrected chi connectivity index (χ0v) is 22.0. The van der Waals surface area contributed by atoms with Gasteiger partial charge in [0.15, 0.2) is 0 Å². The Hall–Kier alpha value is -6.10. The van der Waals surface area contributed by atoms with Gasteiger partial charge in [-0.15, -0.1) is 0 Å². The van der Waals surface area contributed by atoms with Gasteiger partial charge < -0.3 is 10.1 Å². The Morgan fingerprint density at radius 3 is 2.10 bits per heavy atom. The van der Waals surface area contributed by atoms with Crippen LogP contribution in [0.2, 0.25) is 0 Å². The molecule has 0 unspecified atom stereocenters. The minimum absolute atomic E-state index is 0.113. The van der Waals surface area contributed by atoms with E-state index in [9.17, 15) is 29.3 Å². The fourth-order valence-corrected chi connectivity index (χ4v) is 3.68. The van der Waals surface area contributed by atoms with Gasteiger partial charge in [0.05, 0.1) is 16.9 Å². The summed E-state index contributed by atoms with van der Waals surface area (Å²) in [6.45, 7) is 0. The van der Waals surface area contributed by atoms with E-state index in [-0.39, 0.29) is 34.9 Å². The van der Waals surface area contributed by atoms with Gasteiger partial charge in [-0.2, -0.15) is 0 Å². The van der Waals surface area contributed by atoms with Gasteiger partial charge in [0.2, 0.25) is 5.91 Å². The average Bonchev–Trinajstić information content (AvgIpc) is 3.00. The summed E-state index contributed by atoms with van der Waals surface area (Å²) in [6.07, 6.45) is 2.76. The molecule has 0 radical (unpaired) electrons. The molecular formula is C31H24N4O7. The van der Waals surface area contributed by atoms with Crippen LogP contribution in [0.4, 0.5) is 11.4 Å². The highest BCUT2D eigenvalue weighted by Crippen LogP contribution is 2.21. The molecule has 4 aromatic carbocycles. The highest BCUT2D eigenvalue weighted by Gasteiger charge is 2.13. The summed E-state index contributed by atoms with van der Waals surface area (Å²) in [6, 6.07) is 26.9. The molecule has 4 aromatic rings. The predicted molar refractivity (Wildman–Crippen MR) is 154 cm³/mol. The van der Waals surface area contributed by atoms with Crippen LogP contribution in [0.5, 0.6) is 5.75 Å². The summed E-state index contributed by atoms with van der Waals surface area (Å²) >= 11 is 0. The fourth-order valence-electron chi connectivity index (χ4n) is 3.68. The number of ether oxygens (including phenoxy) is 1. The molecule has 4 rings (SSSR count). The number of nitro groups is 1. The van der Waals surface area contributed by atoms with Crippen molar-refractivity contribution in [3.63, 3.8) is 0 Å². The number of nitrogens with one attached hydrogen (secondary N) is 3. The Bertz CT molecular complexity index is 1630. The first kappa shape index (κ1) is 28.9. The van der Waals surface area contributed by atoms with Crippen LogP contribution in [-0.2, 0) is 16.0 Å². The van der Waals surface area contributed by atoms with Crippen molar-refractivity contribution in [1.82, 2.24) is 10.9 Å². The molecule has 0 aliphatic heterocycles. The van der Waals surface area contributed by atoms with Crippen molar-refractivity contribution in [2.45, 2.75) is 6.42 Å². The average molecular weight is 565 g/mol. The van der Waals surface area contributed by atoms with Crippen molar-refractivity contribution in [3.05, 3.63) is 142 Å². The molecule has 0 saturated heterocycles. The Morgan fingerprint density at radius 2 is 1.40 bits per heavy atom. The number of nitro benzene ring substituents is 1. The van der Waals surface area contributed by atoms with E-state index in [1.54, 1.807) is 30.3 Å². The van der Waals surface area contributed by atoms with Gasteiger partial charge in [0.25, 0.3) is 17.5 Å². The van der Waals surface area contributed by atoms with Gasteiger partial charge in [-0.3, -0.25) is 35.3 Å². The van der Waals surface area contributed by atoms with Crippen molar-refractivity contribution >= 4 is 41.1 Å². The number of hydrogen-bond acceptors (Lipinski definition) is 7. The summed E-state index contributed by atoms with van der Waals surface area (Å²) < 4.78 is 5.40. The molecule has 0 aliphatic rings. The van der Waals surface area contributed by atoms with Crippen LogP contribution in [0.15, 0.2) is 109 Å². The third-order valence-corrected chi connectivity index (χ3v) is 5.79. The van der Waals surface area contributed by atoms with E-state index in [4.69, 9.17) is 4.74 Å². The van der Waals surface area contributed by atoms with Crippen molar-refractivity contribution in [2.75, 3.05) is 5.32 Å². The van der Waals surface area contributed by atoms with Crippen LogP contribution in [-0.4, -0.2) is 28.6 Å². The highest BCUT2D eigenvalue weighted by atomic mass is 16.6. The minimum atomic E-state index is -0.732. The molecule has 42 heavy (non-hydrogen) atoms. The number of para-hydroxylation sites is 1. The van der Waals surface area contributed by atoms with Crippen molar-refractivity contribution < 1.29 is 28.8 Å². The van der Waals surface area contributed by atoms with Crippen LogP contribution in [0, 0.1) is 10.1 Å². The monoisotopic (exact) mass is 564 g/mol. The number of non-ortho nitro benzene ring substituents is 1. The largest absolute Gasteiger partial charge is 0.422 e. The van der Waals surface area contributed by atoms with Gasteiger partial charge in [0, 0.05) is 35.0 Å². The number of carbonyl (C=O) groups excluding carboxylic acids is 4. The molecular weight excluding hydrogens is 540 g/mol. The smallest absolute Gasteiger partial charge is 0.343 e. The normalized spacial score (nSPS) is 10.5. The third-order valence-electron chi connectivity index (χ3n) is 5.79. The number of esters is 1. The third kappa shape index (κ3) is 8.20. The Labute approximate surface area is 240 Å². The quantitative estimate of drug-likeness (QED) is 0.0890. The first-order valence-corrected chi connectivity index (χ1v) is 12.6. The fraction of sp³-hybridized carbons (Fsp3) is 0.0323. The summed E-state index contributed by atoms with van der Waals surface area (Å²) in [4.78, 5) is 59.7. The van der Waals surface area contributed by atoms with Crippen LogP contribution in [0.1, 0.15) is 31.8 Å². The molecule has 0 spiro atoms. The highest BCUT2D eigenvalue weighted by molar-refractivity contribution is 5.99. The topological polar surface area (TPSA) is 157 Å². The molecule has 0 aromatic heterocycles. The zero-order valence-electron chi connectivity index (χ0n) is 22.0. The van der Waals surface area contributed by atoms with E-state index < -0.39 is 22.7 Å². The molecule has 0 fully saturated rings. The number of benzene rings is 4. The van der Waals surface area contributed by atoms with E-state index in [1.165, 1.54) is 48.5 Å². The number of anilines is 1. The van der Waals surface area contributed by atoms with E-state index in [1.807, 2.05) is 30.3 Å². The van der Waals surface area contributed by atoms with Crippen LogP contribution < -0.4 is 20.9 Å². The lowest BCUT2D eigenvalue weighted by Gasteiger charge is -2.09. The lowest BCUT2D eigenvalue weighted by molar-refractivity contribution is -0.384. The molecule has 0 heterocycles. The van der Waals surface area contributed by atoms with E-state index in [0.717, 1.165) is 11.6 Å². The first-order valence-electron chi connectivity index (χ1n) is 12.6. The summed E-state index contributed by atoms with van der Waals surface area (Å²) in [5.41, 5.74) is 6.57. The summed E-state index contributed by atoms with van der Waals surface area (Å²) in [5, 5.41) is 13.6. The van der Waals surface area contributed by atoms with E-state index in [2.05, 4.69) is 16.2 Å². The van der Waals surface area contributed by atoms with Gasteiger partial charge >= 0.3 is 5.97 Å². The first-order chi connectivity index (χ1) is 20.3. The molecule has 0 saturated carbocycles. The van der Waals surface area contributed by atoms with Gasteiger partial charge in [-0.05, 0) is 54.1 Å². The molecule has 0 aliphatic carbocycles. The maximum absolute atomic E-state index is 12.5. The Kier molecular flexibility index (Phi) is 9.50. The van der Waals surface area contributed by atoms with Crippen LogP contribution >= 0.6 is 0 Å². The number of amides is 3. The second-order valence-corrected chi connectivity index (χ2v) is 8.80. The number of hydrazine groups is 1. The number of hydrogen-bond donors (Lipinski definition) is 3. The van der Waals surface area contributed by atoms with Crippen molar-refractivity contribution in [2.24, 2.45) is 0 Å². The Balaban J connectivity index is 1.28. The van der Waals surface area contributed by atoms with Crippen LogP contribution in [0.3, 0.4) is 0 Å². The molecule has 0 bridgehead atoms. The molecule has 210 valence electrons. The number of rotatable bonds is 9. The Morgan fingerprint density at radius 1 is 0.762 bits per heavy atom. The second-order valence-electron chi connectivity index (χ2n) is 8.80. The van der Waals surface area contributed by atoms with E-state index in [0.29, 0.717) is 11.3 Å². The SMILES string of the molecule is O=C(/C=C/c1ccccc1OC(=O)c1ccc([N+](=O)[O-])cc1)NNC(=O)c1ccc(NC(=O)Cc2ccccc2)cc1. The summed E-state index contributed by atoms with van der Waals surface area (Å²) in [7, 11) is 0. The number of carbonyl (C=O) groups is 4. The van der Waals surface area contributed by atoms with Crippen LogP contribution in [0.25, 0.3) is 6.08 Å². The zero-order chi connectivity index (χ0) is 29.9. The summed E-state index contributed by atoms with van der Waals surface area (Å²) in [5.74, 6) is -1.99. The van der Waals surface area contributed by atoms with Gasteiger partial charge in [-0.25, -0.2) is 4.79 Å². The maximum atomic E-state index is 12.5. The van der Waals surface area contributed by atoms with E-state index >= 15 is 0 Å². The van der Waals surface area contributed by atoms with Gasteiger partial charge in [-0.1, -0.05) is 48.5 Å². The maximum Gasteiger partial charge on any atom is 0.343 e.